The van der Waals surface area contributed by atoms with Crippen molar-refractivity contribution in [3.05, 3.63) is 66.0 Å². The molecule has 1 aliphatic heterocycles. The third-order valence-electron chi connectivity index (χ3n) is 3.73. The van der Waals surface area contributed by atoms with Gasteiger partial charge in [0.15, 0.2) is 11.3 Å². The van der Waals surface area contributed by atoms with Crippen LogP contribution in [0, 0.1) is 5.82 Å². The van der Waals surface area contributed by atoms with E-state index in [1.165, 1.54) is 23.9 Å². The van der Waals surface area contributed by atoms with Crippen LogP contribution in [-0.4, -0.2) is 35.2 Å². The van der Waals surface area contributed by atoms with Gasteiger partial charge >= 0.3 is 0 Å². The Kier molecular flexibility index (Phi) is 5.71. The van der Waals surface area contributed by atoms with Crippen LogP contribution in [0.2, 0.25) is 0 Å². The highest BCUT2D eigenvalue weighted by Crippen LogP contribution is 2.21. The molecule has 0 aromatic heterocycles. The number of thioether (sulfide) groups is 1. The number of hydrogen-bond acceptors (Lipinski definition) is 4. The summed E-state index contributed by atoms with van der Waals surface area (Å²) >= 11 is 1.44. The van der Waals surface area contributed by atoms with Crippen LogP contribution in [0.25, 0.3) is 0 Å². The first-order valence-electron chi connectivity index (χ1n) is 8.08. The fourth-order valence-corrected chi connectivity index (χ4v) is 3.50. The predicted octanol–water partition coefficient (Wildman–Crippen LogP) is 3.72. The Hall–Kier alpha value is -2.34. The van der Waals surface area contributed by atoms with E-state index in [0.29, 0.717) is 29.8 Å². The van der Waals surface area contributed by atoms with Gasteiger partial charge in [-0.05, 0) is 36.8 Å². The zero-order valence-electron chi connectivity index (χ0n) is 13.9. The molecule has 25 heavy (non-hydrogen) atoms. The number of ether oxygens (including phenoxy) is 1. The highest BCUT2D eigenvalue weighted by Gasteiger charge is 2.29. The first kappa shape index (κ1) is 17.5. The van der Waals surface area contributed by atoms with Crippen molar-refractivity contribution in [2.24, 2.45) is 4.99 Å². The molecule has 6 heteroatoms. The average Bonchev–Trinajstić information content (AvgIpc) is 3.08. The van der Waals surface area contributed by atoms with Crippen LogP contribution >= 0.6 is 11.8 Å². The molecular formula is C19H19FN2O2S. The highest BCUT2D eigenvalue weighted by molar-refractivity contribution is 8.13. The van der Waals surface area contributed by atoms with Crippen LogP contribution in [0.1, 0.15) is 12.5 Å². The maximum Gasteiger partial charge on any atom is 0.269 e. The molecule has 0 unspecified atom stereocenters. The number of carbonyl (C=O) groups is 1. The van der Waals surface area contributed by atoms with Crippen LogP contribution < -0.4 is 4.74 Å². The maximum absolute atomic E-state index is 13.3. The lowest BCUT2D eigenvalue weighted by molar-refractivity contribution is -0.133. The third-order valence-corrected chi connectivity index (χ3v) is 4.81. The minimum Gasteiger partial charge on any atom is -0.481 e. The van der Waals surface area contributed by atoms with Crippen molar-refractivity contribution >= 4 is 22.8 Å². The van der Waals surface area contributed by atoms with Gasteiger partial charge in [-0.2, -0.15) is 0 Å². The zero-order chi connectivity index (χ0) is 17.6. The summed E-state index contributed by atoms with van der Waals surface area (Å²) in [6.45, 7) is 2.87. The quantitative estimate of drug-likeness (QED) is 0.818. The molecule has 0 radical (unpaired) electrons. The molecule has 3 rings (SSSR count). The fraction of sp³-hybridized carbons (Fsp3) is 0.263. The number of hydrogen-bond donors (Lipinski definition) is 0. The molecule has 0 aliphatic carbocycles. The molecule has 4 nitrogen and oxygen atoms in total. The predicted molar refractivity (Wildman–Crippen MR) is 98.2 cm³/mol. The number of carbonyl (C=O) groups excluding carboxylic acids is 1. The van der Waals surface area contributed by atoms with Gasteiger partial charge in [0.05, 0.1) is 6.54 Å². The van der Waals surface area contributed by atoms with Crippen molar-refractivity contribution in [3.63, 3.8) is 0 Å². The molecule has 0 N–H and O–H groups in total. The molecule has 0 saturated heterocycles. The molecule has 130 valence electrons. The van der Waals surface area contributed by atoms with Crippen LogP contribution in [0.15, 0.2) is 59.6 Å². The summed E-state index contributed by atoms with van der Waals surface area (Å²) in [5.41, 5.74) is 0.862. The van der Waals surface area contributed by atoms with Crippen molar-refractivity contribution < 1.29 is 13.9 Å². The SMILES string of the molecule is C[C@@H](Oc1ccccc1)C(=O)N1CCN=C1SCc1cccc(F)c1. The van der Waals surface area contributed by atoms with Gasteiger partial charge in [-0.1, -0.05) is 42.1 Å². The van der Waals surface area contributed by atoms with Crippen LogP contribution in [0.3, 0.4) is 0 Å². The van der Waals surface area contributed by atoms with Crippen LogP contribution in [0.4, 0.5) is 4.39 Å². The Morgan fingerprint density at radius 2 is 2.08 bits per heavy atom. The molecule has 2 aromatic carbocycles. The number of halogens is 1. The van der Waals surface area contributed by atoms with Gasteiger partial charge in [-0.15, -0.1) is 0 Å². The summed E-state index contributed by atoms with van der Waals surface area (Å²) in [6, 6.07) is 15.7. The van der Waals surface area contributed by atoms with Crippen molar-refractivity contribution in [1.82, 2.24) is 4.90 Å². The summed E-state index contributed by atoms with van der Waals surface area (Å²) in [6.07, 6.45) is -0.597. The van der Waals surface area contributed by atoms with Crippen LogP contribution in [0.5, 0.6) is 5.75 Å². The molecule has 0 spiro atoms. The molecule has 0 fully saturated rings. The van der Waals surface area contributed by atoms with E-state index in [4.69, 9.17) is 4.74 Å². The van der Waals surface area contributed by atoms with E-state index in [1.807, 2.05) is 36.4 Å². The summed E-state index contributed by atoms with van der Waals surface area (Å²) in [7, 11) is 0. The van der Waals surface area contributed by atoms with E-state index in [0.717, 1.165) is 5.56 Å². The third kappa shape index (κ3) is 4.60. The van der Waals surface area contributed by atoms with Crippen molar-refractivity contribution in [1.29, 1.82) is 0 Å². The van der Waals surface area contributed by atoms with Gasteiger partial charge in [-0.3, -0.25) is 14.7 Å². The zero-order valence-corrected chi connectivity index (χ0v) is 14.7. The lowest BCUT2D eigenvalue weighted by Gasteiger charge is -2.22. The number of nitrogens with zero attached hydrogens (tertiary/aromatic N) is 2. The smallest absolute Gasteiger partial charge is 0.269 e. The van der Waals surface area contributed by atoms with Gasteiger partial charge < -0.3 is 4.74 Å². The number of amidine groups is 1. The first-order chi connectivity index (χ1) is 12.1. The minimum atomic E-state index is -0.597. The standard InChI is InChI=1S/C19H19FN2O2S/c1-14(24-17-8-3-2-4-9-17)18(23)22-11-10-21-19(22)25-13-15-6-5-7-16(20)12-15/h2-9,12,14H,10-11,13H2,1H3/t14-/m1/s1. The molecule has 1 heterocycles. The van der Waals surface area contributed by atoms with Gasteiger partial charge in [0.25, 0.3) is 5.91 Å². The Morgan fingerprint density at radius 1 is 1.28 bits per heavy atom. The van der Waals surface area contributed by atoms with E-state index in [-0.39, 0.29) is 11.7 Å². The molecule has 1 aliphatic rings. The Bertz CT molecular complexity index is 767. The number of para-hydroxylation sites is 1. The summed E-state index contributed by atoms with van der Waals surface area (Å²) in [5.74, 6) is 0.846. The molecular weight excluding hydrogens is 339 g/mol. The monoisotopic (exact) mass is 358 g/mol. The molecule has 0 bridgehead atoms. The Labute approximate surface area is 150 Å². The van der Waals surface area contributed by atoms with E-state index in [1.54, 1.807) is 17.9 Å². The number of aliphatic imine (C=N–C) groups is 1. The summed E-state index contributed by atoms with van der Waals surface area (Å²) in [5, 5.41) is 0.665. The van der Waals surface area contributed by atoms with Crippen molar-refractivity contribution in [2.75, 3.05) is 13.1 Å². The van der Waals surface area contributed by atoms with E-state index in [2.05, 4.69) is 4.99 Å². The highest BCUT2D eigenvalue weighted by atomic mass is 32.2. The molecule has 2 aromatic rings. The molecule has 0 saturated carbocycles. The second-order valence-corrected chi connectivity index (χ2v) is 6.59. The van der Waals surface area contributed by atoms with Crippen LogP contribution in [-0.2, 0) is 10.5 Å². The average molecular weight is 358 g/mol. The van der Waals surface area contributed by atoms with E-state index >= 15 is 0 Å². The first-order valence-corrected chi connectivity index (χ1v) is 9.07. The summed E-state index contributed by atoms with van der Waals surface area (Å²) in [4.78, 5) is 18.7. The van der Waals surface area contributed by atoms with Gasteiger partial charge in [-0.25, -0.2) is 4.39 Å². The number of benzene rings is 2. The maximum atomic E-state index is 13.3. The van der Waals surface area contributed by atoms with Gasteiger partial charge in [0, 0.05) is 12.3 Å². The second kappa shape index (κ2) is 8.16. The largest absolute Gasteiger partial charge is 0.481 e. The topological polar surface area (TPSA) is 41.9 Å². The summed E-state index contributed by atoms with van der Waals surface area (Å²) < 4.78 is 19.0. The fourth-order valence-electron chi connectivity index (χ4n) is 2.50. The van der Waals surface area contributed by atoms with Gasteiger partial charge in [0.2, 0.25) is 0 Å². The van der Waals surface area contributed by atoms with E-state index in [9.17, 15) is 9.18 Å². The normalized spacial score (nSPS) is 15.0. The van der Waals surface area contributed by atoms with E-state index < -0.39 is 6.10 Å². The lowest BCUT2D eigenvalue weighted by atomic mass is 10.2. The Morgan fingerprint density at radius 3 is 2.84 bits per heavy atom. The number of rotatable bonds is 5. The van der Waals surface area contributed by atoms with Crippen molar-refractivity contribution in [2.45, 2.75) is 18.8 Å². The molecule has 1 atom stereocenters. The van der Waals surface area contributed by atoms with Crippen molar-refractivity contribution in [3.8, 4) is 5.75 Å². The molecule has 1 amide bonds. The lowest BCUT2D eigenvalue weighted by Crippen LogP contribution is -2.41. The Balaban J connectivity index is 1.59. The van der Waals surface area contributed by atoms with Gasteiger partial charge in [0.1, 0.15) is 11.6 Å². The minimum absolute atomic E-state index is 0.119. The number of amides is 1. The second-order valence-electron chi connectivity index (χ2n) is 5.65.